The van der Waals surface area contributed by atoms with Crippen LogP contribution in [0.2, 0.25) is 0 Å². The molecule has 0 aliphatic heterocycles. The molecule has 1 fully saturated rings. The molecule has 0 bridgehead atoms. The zero-order valence-corrected chi connectivity index (χ0v) is 13.9. The molecule has 0 radical (unpaired) electrons. The Kier molecular flexibility index (Phi) is 4.20. The van der Waals surface area contributed by atoms with Gasteiger partial charge in [0.15, 0.2) is 0 Å². The number of hydrogen-bond acceptors (Lipinski definition) is 4. The maximum absolute atomic E-state index is 12.2. The number of nitrogens with zero attached hydrogens (tertiary/aromatic N) is 1. The Bertz CT molecular complexity index is 673. The summed E-state index contributed by atoms with van der Waals surface area (Å²) in [7, 11) is 0. The van der Waals surface area contributed by atoms with Crippen LogP contribution in [-0.4, -0.2) is 11.0 Å². The summed E-state index contributed by atoms with van der Waals surface area (Å²) in [5.41, 5.74) is 2.03. The van der Waals surface area contributed by atoms with E-state index >= 15 is 0 Å². The van der Waals surface area contributed by atoms with Crippen molar-refractivity contribution in [2.75, 3.05) is 0 Å². The summed E-state index contributed by atoms with van der Waals surface area (Å²) in [6.07, 6.45) is 2.31. The first-order chi connectivity index (χ1) is 10.5. The SMILES string of the molecule is Cc1csc([C@@H](NC(=O)NCc2cc(C)oc2C)C2CC2)n1. The minimum absolute atomic E-state index is 0.0332. The van der Waals surface area contributed by atoms with Gasteiger partial charge in [0, 0.05) is 23.2 Å². The number of hydrogen-bond donors (Lipinski definition) is 2. The molecule has 1 aliphatic carbocycles. The molecule has 2 N–H and O–H groups in total. The van der Waals surface area contributed by atoms with Gasteiger partial charge in [0.05, 0.1) is 6.04 Å². The van der Waals surface area contributed by atoms with Crippen molar-refractivity contribution in [2.24, 2.45) is 5.92 Å². The predicted octanol–water partition coefficient (Wildman–Crippen LogP) is 3.61. The fourth-order valence-corrected chi connectivity index (χ4v) is 3.49. The second-order valence-corrected chi connectivity index (χ2v) is 6.80. The lowest BCUT2D eigenvalue weighted by atomic mass is 10.2. The third-order valence-electron chi connectivity index (χ3n) is 3.87. The summed E-state index contributed by atoms with van der Waals surface area (Å²) >= 11 is 1.62. The molecule has 2 amide bonds. The van der Waals surface area contributed by atoms with E-state index in [0.717, 1.165) is 40.6 Å². The molecule has 118 valence electrons. The molecule has 0 saturated heterocycles. The number of furan rings is 1. The first-order valence-corrected chi connectivity index (χ1v) is 8.43. The average Bonchev–Trinajstić information content (AvgIpc) is 3.13. The van der Waals surface area contributed by atoms with Crippen LogP contribution in [0, 0.1) is 26.7 Å². The van der Waals surface area contributed by atoms with E-state index in [9.17, 15) is 4.79 Å². The lowest BCUT2D eigenvalue weighted by Crippen LogP contribution is -2.38. The molecule has 3 rings (SSSR count). The molecule has 0 unspecified atom stereocenters. The third kappa shape index (κ3) is 3.50. The zero-order chi connectivity index (χ0) is 15.7. The lowest BCUT2D eigenvalue weighted by Gasteiger charge is -2.16. The van der Waals surface area contributed by atoms with Crippen LogP contribution in [0.1, 0.15) is 46.7 Å². The van der Waals surface area contributed by atoms with Crippen molar-refractivity contribution in [3.63, 3.8) is 0 Å². The van der Waals surface area contributed by atoms with Crippen molar-refractivity contribution in [3.05, 3.63) is 39.2 Å². The molecular weight excluding hydrogens is 298 g/mol. The maximum Gasteiger partial charge on any atom is 0.315 e. The maximum atomic E-state index is 12.2. The van der Waals surface area contributed by atoms with Gasteiger partial charge in [-0.1, -0.05) is 0 Å². The summed E-state index contributed by atoms with van der Waals surface area (Å²) < 4.78 is 5.47. The van der Waals surface area contributed by atoms with E-state index in [1.54, 1.807) is 11.3 Å². The van der Waals surface area contributed by atoms with E-state index in [2.05, 4.69) is 15.6 Å². The van der Waals surface area contributed by atoms with Gasteiger partial charge in [-0.2, -0.15) is 0 Å². The van der Waals surface area contributed by atoms with Crippen LogP contribution >= 0.6 is 11.3 Å². The molecule has 1 saturated carbocycles. The van der Waals surface area contributed by atoms with Crippen molar-refractivity contribution < 1.29 is 9.21 Å². The second kappa shape index (κ2) is 6.12. The van der Waals surface area contributed by atoms with E-state index in [-0.39, 0.29) is 12.1 Å². The number of rotatable bonds is 5. The van der Waals surface area contributed by atoms with E-state index in [0.29, 0.717) is 12.5 Å². The number of urea groups is 1. The highest BCUT2D eigenvalue weighted by molar-refractivity contribution is 7.09. The van der Waals surface area contributed by atoms with Gasteiger partial charge < -0.3 is 15.1 Å². The Hall–Kier alpha value is -1.82. The Labute approximate surface area is 134 Å². The van der Waals surface area contributed by atoms with Crippen molar-refractivity contribution in [1.82, 2.24) is 15.6 Å². The third-order valence-corrected chi connectivity index (χ3v) is 4.91. The fourth-order valence-electron chi connectivity index (χ4n) is 2.55. The minimum atomic E-state index is -0.150. The van der Waals surface area contributed by atoms with E-state index in [1.807, 2.05) is 32.2 Å². The minimum Gasteiger partial charge on any atom is -0.466 e. The monoisotopic (exact) mass is 319 g/mol. The van der Waals surface area contributed by atoms with Crippen LogP contribution in [0.4, 0.5) is 4.79 Å². The van der Waals surface area contributed by atoms with Gasteiger partial charge in [-0.25, -0.2) is 9.78 Å². The fraction of sp³-hybridized carbons (Fsp3) is 0.500. The summed E-state index contributed by atoms with van der Waals surface area (Å²) in [5, 5.41) is 9.02. The highest BCUT2D eigenvalue weighted by atomic mass is 32.1. The van der Waals surface area contributed by atoms with Crippen LogP contribution in [0.5, 0.6) is 0 Å². The number of carbonyl (C=O) groups is 1. The molecule has 22 heavy (non-hydrogen) atoms. The first kappa shape index (κ1) is 15.1. The van der Waals surface area contributed by atoms with Gasteiger partial charge in [-0.3, -0.25) is 0 Å². The number of carbonyl (C=O) groups excluding carboxylic acids is 1. The van der Waals surface area contributed by atoms with Crippen molar-refractivity contribution in [1.29, 1.82) is 0 Å². The van der Waals surface area contributed by atoms with E-state index in [1.165, 1.54) is 0 Å². The van der Waals surface area contributed by atoms with Crippen molar-refractivity contribution in [3.8, 4) is 0 Å². The van der Waals surface area contributed by atoms with Crippen molar-refractivity contribution >= 4 is 17.4 Å². The smallest absolute Gasteiger partial charge is 0.315 e. The molecule has 1 atom stereocenters. The Morgan fingerprint density at radius 3 is 2.77 bits per heavy atom. The number of aryl methyl sites for hydroxylation is 3. The molecule has 6 heteroatoms. The number of nitrogens with one attached hydrogen (secondary N) is 2. The summed E-state index contributed by atoms with van der Waals surface area (Å²) in [6.45, 7) is 6.27. The predicted molar refractivity (Wildman–Crippen MR) is 85.9 cm³/mol. The molecule has 0 aromatic carbocycles. The number of amides is 2. The molecule has 1 aliphatic rings. The average molecular weight is 319 g/mol. The molecule has 0 spiro atoms. The molecule has 2 aromatic rings. The number of thiazole rings is 1. The van der Waals surface area contributed by atoms with Gasteiger partial charge in [-0.15, -0.1) is 11.3 Å². The number of aromatic nitrogens is 1. The van der Waals surface area contributed by atoms with Crippen LogP contribution in [-0.2, 0) is 6.54 Å². The van der Waals surface area contributed by atoms with Crippen molar-refractivity contribution in [2.45, 2.75) is 46.2 Å². The van der Waals surface area contributed by atoms with E-state index < -0.39 is 0 Å². The van der Waals surface area contributed by atoms with E-state index in [4.69, 9.17) is 4.42 Å². The van der Waals surface area contributed by atoms with Gasteiger partial charge in [0.1, 0.15) is 16.5 Å². The Morgan fingerprint density at radius 1 is 1.45 bits per heavy atom. The van der Waals surface area contributed by atoms with Gasteiger partial charge in [0.2, 0.25) is 0 Å². The standard InChI is InChI=1S/C16H21N3O2S/c1-9-8-22-15(18-9)14(12-4-5-12)19-16(20)17-7-13-6-10(2)21-11(13)3/h6,8,12,14H,4-5,7H2,1-3H3,(H2,17,19,20)/t14-/m0/s1. The van der Waals surface area contributed by atoms with Crippen LogP contribution in [0.25, 0.3) is 0 Å². The molecule has 2 aromatic heterocycles. The highest BCUT2D eigenvalue weighted by Crippen LogP contribution is 2.41. The topological polar surface area (TPSA) is 67.2 Å². The Morgan fingerprint density at radius 2 is 2.23 bits per heavy atom. The summed E-state index contributed by atoms with van der Waals surface area (Å²) in [5.74, 6) is 2.24. The quantitative estimate of drug-likeness (QED) is 0.884. The zero-order valence-electron chi connectivity index (χ0n) is 13.1. The lowest BCUT2D eigenvalue weighted by molar-refractivity contribution is 0.235. The van der Waals surface area contributed by atoms with Gasteiger partial charge >= 0.3 is 6.03 Å². The first-order valence-electron chi connectivity index (χ1n) is 7.55. The normalized spacial score (nSPS) is 15.6. The Balaban J connectivity index is 1.59. The second-order valence-electron chi connectivity index (χ2n) is 5.91. The largest absolute Gasteiger partial charge is 0.466 e. The molecular formula is C16H21N3O2S. The highest BCUT2D eigenvalue weighted by Gasteiger charge is 2.35. The summed E-state index contributed by atoms with van der Waals surface area (Å²) in [4.78, 5) is 16.7. The van der Waals surface area contributed by atoms with Crippen LogP contribution in [0.3, 0.4) is 0 Å². The van der Waals surface area contributed by atoms with Gasteiger partial charge in [-0.05, 0) is 45.6 Å². The van der Waals surface area contributed by atoms with Crippen LogP contribution in [0.15, 0.2) is 15.9 Å². The summed E-state index contributed by atoms with van der Waals surface area (Å²) in [6, 6.07) is 1.84. The molecule has 2 heterocycles. The molecule has 5 nitrogen and oxygen atoms in total. The van der Waals surface area contributed by atoms with Gasteiger partial charge in [0.25, 0.3) is 0 Å². The van der Waals surface area contributed by atoms with Crippen LogP contribution < -0.4 is 10.6 Å².